The lowest BCUT2D eigenvalue weighted by atomic mass is 10.3. The molecule has 148 valence electrons. The summed E-state index contributed by atoms with van der Waals surface area (Å²) in [6, 6.07) is 7.76. The molecule has 1 amide bonds. The second kappa shape index (κ2) is 7.43. The highest BCUT2D eigenvalue weighted by atomic mass is 32.1. The SMILES string of the molecule is Cc1nc(N2C(=O)OCC2C)sc1-c1ccnc(Nc2cccc([N+](=O)[O-])c2)n1. The van der Waals surface area contributed by atoms with Gasteiger partial charge in [-0.3, -0.25) is 10.1 Å². The summed E-state index contributed by atoms with van der Waals surface area (Å²) >= 11 is 1.35. The van der Waals surface area contributed by atoms with Crippen LogP contribution in [0.2, 0.25) is 0 Å². The van der Waals surface area contributed by atoms with E-state index < -0.39 is 11.0 Å². The van der Waals surface area contributed by atoms with Crippen molar-refractivity contribution in [2.45, 2.75) is 19.9 Å². The van der Waals surface area contributed by atoms with E-state index in [1.54, 1.807) is 24.4 Å². The van der Waals surface area contributed by atoms with Crippen LogP contribution in [0.3, 0.4) is 0 Å². The first kappa shape index (κ1) is 18.7. The Bertz CT molecular complexity index is 1100. The van der Waals surface area contributed by atoms with Gasteiger partial charge in [0.2, 0.25) is 5.95 Å². The predicted molar refractivity (Wildman–Crippen MR) is 108 cm³/mol. The third-order valence-electron chi connectivity index (χ3n) is 4.28. The number of nitro benzene ring substituents is 1. The first-order chi connectivity index (χ1) is 13.9. The minimum Gasteiger partial charge on any atom is -0.447 e. The van der Waals surface area contributed by atoms with E-state index in [1.165, 1.54) is 28.4 Å². The number of carbonyl (C=O) groups excluding carboxylic acids is 1. The summed E-state index contributed by atoms with van der Waals surface area (Å²) in [6.07, 6.45) is 1.18. The fourth-order valence-electron chi connectivity index (χ4n) is 2.88. The van der Waals surface area contributed by atoms with Gasteiger partial charge in [0, 0.05) is 24.0 Å². The number of hydrogen-bond donors (Lipinski definition) is 1. The summed E-state index contributed by atoms with van der Waals surface area (Å²) in [5.41, 5.74) is 1.85. The number of non-ortho nitro benzene ring substituents is 1. The van der Waals surface area contributed by atoms with Crippen molar-refractivity contribution in [3.8, 4) is 10.6 Å². The number of aryl methyl sites for hydroxylation is 1. The summed E-state index contributed by atoms with van der Waals surface area (Å²) in [6.45, 7) is 4.07. The van der Waals surface area contributed by atoms with E-state index in [-0.39, 0.29) is 11.7 Å². The molecule has 11 heteroatoms. The Morgan fingerprint density at radius 3 is 2.90 bits per heavy atom. The molecule has 1 unspecified atom stereocenters. The van der Waals surface area contributed by atoms with Crippen LogP contribution in [0.5, 0.6) is 0 Å². The number of ether oxygens (including phenoxy) is 1. The normalized spacial score (nSPS) is 16.0. The predicted octanol–water partition coefficient (Wildman–Crippen LogP) is 3.91. The van der Waals surface area contributed by atoms with E-state index in [4.69, 9.17) is 4.74 Å². The Labute approximate surface area is 169 Å². The van der Waals surface area contributed by atoms with Crippen molar-refractivity contribution in [1.82, 2.24) is 15.0 Å². The summed E-state index contributed by atoms with van der Waals surface area (Å²) in [5.74, 6) is 0.297. The van der Waals surface area contributed by atoms with Crippen LogP contribution in [0, 0.1) is 17.0 Å². The molecule has 1 aliphatic rings. The maximum absolute atomic E-state index is 12.0. The van der Waals surface area contributed by atoms with Crippen LogP contribution in [0.15, 0.2) is 36.5 Å². The number of anilines is 3. The van der Waals surface area contributed by atoms with Gasteiger partial charge in [0.1, 0.15) is 6.61 Å². The fraction of sp³-hybridized carbons (Fsp3) is 0.222. The second-order valence-corrected chi connectivity index (χ2v) is 7.38. The molecule has 3 heterocycles. The fourth-order valence-corrected chi connectivity index (χ4v) is 4.01. The Morgan fingerprint density at radius 2 is 2.17 bits per heavy atom. The van der Waals surface area contributed by atoms with E-state index >= 15 is 0 Å². The van der Waals surface area contributed by atoms with Gasteiger partial charge in [-0.25, -0.2) is 24.6 Å². The van der Waals surface area contributed by atoms with Gasteiger partial charge in [-0.2, -0.15) is 0 Å². The number of rotatable bonds is 5. The Balaban J connectivity index is 1.62. The van der Waals surface area contributed by atoms with Gasteiger partial charge in [0.25, 0.3) is 5.69 Å². The van der Waals surface area contributed by atoms with Crippen LogP contribution in [-0.2, 0) is 4.74 Å². The smallest absolute Gasteiger partial charge is 0.416 e. The number of nitro groups is 1. The van der Waals surface area contributed by atoms with Crippen LogP contribution in [-0.4, -0.2) is 38.6 Å². The summed E-state index contributed by atoms with van der Waals surface area (Å²) in [4.78, 5) is 38.0. The van der Waals surface area contributed by atoms with Gasteiger partial charge in [-0.1, -0.05) is 17.4 Å². The van der Waals surface area contributed by atoms with Crippen LogP contribution in [0.1, 0.15) is 12.6 Å². The molecular formula is C18H16N6O4S. The molecule has 2 aromatic heterocycles. The Kier molecular flexibility index (Phi) is 4.80. The van der Waals surface area contributed by atoms with Gasteiger partial charge in [-0.15, -0.1) is 0 Å². The zero-order valence-corrected chi connectivity index (χ0v) is 16.3. The molecule has 1 fully saturated rings. The van der Waals surface area contributed by atoms with Crippen molar-refractivity contribution in [2.75, 3.05) is 16.8 Å². The van der Waals surface area contributed by atoms with Crippen molar-refractivity contribution in [1.29, 1.82) is 0 Å². The number of nitrogens with one attached hydrogen (secondary N) is 1. The van der Waals surface area contributed by atoms with E-state index in [9.17, 15) is 14.9 Å². The van der Waals surface area contributed by atoms with Crippen molar-refractivity contribution in [2.24, 2.45) is 0 Å². The molecule has 1 atom stereocenters. The monoisotopic (exact) mass is 412 g/mol. The number of cyclic esters (lactones) is 1. The molecular weight excluding hydrogens is 396 g/mol. The number of nitrogens with zero attached hydrogens (tertiary/aromatic N) is 5. The molecule has 1 saturated heterocycles. The molecule has 1 aromatic carbocycles. The zero-order valence-electron chi connectivity index (χ0n) is 15.5. The highest BCUT2D eigenvalue weighted by Crippen LogP contribution is 2.36. The average Bonchev–Trinajstić information content (AvgIpc) is 3.23. The van der Waals surface area contributed by atoms with E-state index in [1.807, 2.05) is 13.8 Å². The third-order valence-corrected chi connectivity index (χ3v) is 5.46. The average molecular weight is 412 g/mol. The van der Waals surface area contributed by atoms with Crippen LogP contribution < -0.4 is 10.2 Å². The van der Waals surface area contributed by atoms with Gasteiger partial charge < -0.3 is 10.1 Å². The largest absolute Gasteiger partial charge is 0.447 e. The molecule has 0 saturated carbocycles. The topological polar surface area (TPSA) is 123 Å². The minimum absolute atomic E-state index is 0.0271. The maximum Gasteiger partial charge on any atom is 0.416 e. The highest BCUT2D eigenvalue weighted by molar-refractivity contribution is 7.19. The van der Waals surface area contributed by atoms with Crippen molar-refractivity contribution in [3.05, 3.63) is 52.3 Å². The minimum atomic E-state index is -0.463. The van der Waals surface area contributed by atoms with Crippen LogP contribution in [0.25, 0.3) is 10.6 Å². The molecule has 0 radical (unpaired) electrons. The Morgan fingerprint density at radius 1 is 1.34 bits per heavy atom. The quantitative estimate of drug-likeness (QED) is 0.494. The molecule has 1 aliphatic heterocycles. The molecule has 0 aliphatic carbocycles. The lowest BCUT2D eigenvalue weighted by Gasteiger charge is -2.13. The standard InChI is InChI=1S/C18H16N6O4S/c1-10-9-28-18(25)23(10)17-20-11(2)15(29-17)14-6-7-19-16(22-14)21-12-4-3-5-13(8-12)24(26)27/h3-8,10H,9H2,1-2H3,(H,19,21,22). The molecule has 10 nitrogen and oxygen atoms in total. The lowest BCUT2D eigenvalue weighted by Crippen LogP contribution is -2.30. The van der Waals surface area contributed by atoms with Gasteiger partial charge >= 0.3 is 6.09 Å². The zero-order chi connectivity index (χ0) is 20.5. The van der Waals surface area contributed by atoms with Gasteiger partial charge in [0.05, 0.1) is 27.2 Å². The first-order valence-electron chi connectivity index (χ1n) is 8.70. The molecule has 3 aromatic rings. The summed E-state index contributed by atoms with van der Waals surface area (Å²) in [7, 11) is 0. The maximum atomic E-state index is 12.0. The molecule has 0 bridgehead atoms. The summed E-state index contributed by atoms with van der Waals surface area (Å²) in [5, 5.41) is 14.5. The first-order valence-corrected chi connectivity index (χ1v) is 9.52. The number of carbonyl (C=O) groups is 1. The van der Waals surface area contributed by atoms with E-state index in [2.05, 4.69) is 20.3 Å². The van der Waals surface area contributed by atoms with Crippen molar-refractivity contribution in [3.63, 3.8) is 0 Å². The second-order valence-electron chi connectivity index (χ2n) is 6.40. The molecule has 0 spiro atoms. The third kappa shape index (κ3) is 3.72. The highest BCUT2D eigenvalue weighted by Gasteiger charge is 2.33. The van der Waals surface area contributed by atoms with E-state index in [0.29, 0.717) is 29.1 Å². The number of amides is 1. The molecule has 4 rings (SSSR count). The van der Waals surface area contributed by atoms with Gasteiger partial charge in [0.15, 0.2) is 5.13 Å². The number of benzene rings is 1. The Hall–Kier alpha value is -3.60. The number of hydrogen-bond acceptors (Lipinski definition) is 9. The molecule has 1 N–H and O–H groups in total. The number of aromatic nitrogens is 3. The van der Waals surface area contributed by atoms with Crippen LogP contribution >= 0.6 is 11.3 Å². The van der Waals surface area contributed by atoms with Gasteiger partial charge in [-0.05, 0) is 26.0 Å². The van der Waals surface area contributed by atoms with Crippen LogP contribution in [0.4, 0.5) is 27.2 Å². The lowest BCUT2D eigenvalue weighted by molar-refractivity contribution is -0.384. The summed E-state index contributed by atoms with van der Waals surface area (Å²) < 4.78 is 5.07. The van der Waals surface area contributed by atoms with Crippen molar-refractivity contribution < 1.29 is 14.5 Å². The van der Waals surface area contributed by atoms with Crippen molar-refractivity contribution >= 4 is 39.9 Å². The van der Waals surface area contributed by atoms with E-state index in [0.717, 1.165) is 10.6 Å². The molecule has 29 heavy (non-hydrogen) atoms. The number of thiazole rings is 1.